The lowest BCUT2D eigenvalue weighted by Gasteiger charge is -2.30. The second kappa shape index (κ2) is 6.76. The maximum absolute atomic E-state index is 13.2. The minimum Gasteiger partial charge on any atom is -0.338 e. The van der Waals surface area contributed by atoms with Crippen molar-refractivity contribution in [2.45, 2.75) is 18.9 Å². The Balaban J connectivity index is 1.44. The van der Waals surface area contributed by atoms with Gasteiger partial charge in [-0.1, -0.05) is 0 Å². The molecule has 2 saturated heterocycles. The van der Waals surface area contributed by atoms with E-state index in [0.29, 0.717) is 23.4 Å². The molecular formula is C18H20F2N8O. The standard InChI is InChI=1S/C18H20F2N8O/c1-26-9-13(15(24-26)16(19)20)23-17(29)14-3-2-12-6-22-18(25-28(12)14)27-7-10-4-11(8-27)21-5-10/h2-3,6,9-11,16,21H,4-5,7-8H2,1H3,(H,23,29)/t10-,11-/m1/s1. The number of carbonyl (C=O) groups is 1. The number of fused-ring (bicyclic) bond motifs is 3. The first kappa shape index (κ1) is 18.0. The van der Waals surface area contributed by atoms with Gasteiger partial charge in [-0.25, -0.2) is 18.3 Å². The molecule has 9 nitrogen and oxygen atoms in total. The first-order valence-electron chi connectivity index (χ1n) is 9.44. The number of rotatable bonds is 4. The third-order valence-corrected chi connectivity index (χ3v) is 5.45. The van der Waals surface area contributed by atoms with Crippen molar-refractivity contribution < 1.29 is 13.6 Å². The molecule has 0 unspecified atom stereocenters. The van der Waals surface area contributed by atoms with Crippen molar-refractivity contribution in [2.75, 3.05) is 29.9 Å². The minimum absolute atomic E-state index is 0.0181. The van der Waals surface area contributed by atoms with Gasteiger partial charge in [0.1, 0.15) is 5.69 Å². The average Bonchev–Trinajstić information content (AvgIpc) is 3.37. The van der Waals surface area contributed by atoms with Gasteiger partial charge in [-0.15, -0.1) is 5.10 Å². The zero-order valence-electron chi connectivity index (χ0n) is 15.7. The third kappa shape index (κ3) is 3.20. The van der Waals surface area contributed by atoms with Gasteiger partial charge in [-0.2, -0.15) is 5.10 Å². The maximum Gasteiger partial charge on any atom is 0.284 e. The number of hydrogen-bond acceptors (Lipinski definition) is 6. The van der Waals surface area contributed by atoms with Gasteiger partial charge in [-0.05, 0) is 24.5 Å². The quantitative estimate of drug-likeness (QED) is 0.686. The summed E-state index contributed by atoms with van der Waals surface area (Å²) in [5.41, 5.74) is 0.409. The van der Waals surface area contributed by atoms with Crippen LogP contribution in [0.4, 0.5) is 20.4 Å². The van der Waals surface area contributed by atoms with Crippen molar-refractivity contribution >= 4 is 23.1 Å². The number of aromatic nitrogens is 5. The Bertz CT molecular complexity index is 1070. The van der Waals surface area contributed by atoms with Gasteiger partial charge in [0.05, 0.1) is 17.4 Å². The van der Waals surface area contributed by atoms with E-state index in [0.717, 1.165) is 26.1 Å². The summed E-state index contributed by atoms with van der Waals surface area (Å²) in [5.74, 6) is 0.583. The summed E-state index contributed by atoms with van der Waals surface area (Å²) in [4.78, 5) is 19.3. The third-order valence-electron chi connectivity index (χ3n) is 5.45. The normalized spacial score (nSPS) is 21.3. The lowest BCUT2D eigenvalue weighted by Crippen LogP contribution is -2.42. The smallest absolute Gasteiger partial charge is 0.284 e. The molecule has 0 aliphatic carbocycles. The number of carbonyl (C=O) groups excluding carboxylic acids is 1. The van der Waals surface area contributed by atoms with Crippen LogP contribution in [-0.4, -0.2) is 56.0 Å². The lowest BCUT2D eigenvalue weighted by atomic mass is 10.0. The van der Waals surface area contributed by atoms with Crippen LogP contribution in [0, 0.1) is 5.92 Å². The second-order valence-corrected chi connectivity index (χ2v) is 7.58. The van der Waals surface area contributed by atoms with Crippen molar-refractivity contribution in [3.05, 3.63) is 35.9 Å². The molecule has 2 aliphatic rings. The molecule has 2 N–H and O–H groups in total. The minimum atomic E-state index is -2.78. The molecule has 0 spiro atoms. The summed E-state index contributed by atoms with van der Waals surface area (Å²) < 4.78 is 29.0. The Morgan fingerprint density at radius 3 is 2.97 bits per heavy atom. The summed E-state index contributed by atoms with van der Waals surface area (Å²) >= 11 is 0. The SMILES string of the molecule is Cn1cc(NC(=O)c2ccc3cnc(N4C[C@H]5CN[C@H](C5)C4)nn23)c(C(F)F)n1. The molecule has 5 rings (SSSR count). The Morgan fingerprint density at radius 1 is 1.31 bits per heavy atom. The molecule has 1 amide bonds. The maximum atomic E-state index is 13.2. The molecule has 11 heteroatoms. The van der Waals surface area contributed by atoms with Gasteiger partial charge in [0, 0.05) is 38.9 Å². The monoisotopic (exact) mass is 402 g/mol. The molecule has 0 saturated carbocycles. The van der Waals surface area contributed by atoms with Crippen LogP contribution in [0.2, 0.25) is 0 Å². The predicted octanol–water partition coefficient (Wildman–Crippen LogP) is 1.45. The van der Waals surface area contributed by atoms with E-state index in [2.05, 4.69) is 30.7 Å². The first-order chi connectivity index (χ1) is 14.0. The van der Waals surface area contributed by atoms with Crippen molar-refractivity contribution in [1.82, 2.24) is 29.7 Å². The number of nitrogens with zero attached hydrogens (tertiary/aromatic N) is 6. The Kier molecular flexibility index (Phi) is 4.19. The molecule has 2 bridgehead atoms. The van der Waals surface area contributed by atoms with Gasteiger partial charge in [0.2, 0.25) is 5.95 Å². The highest BCUT2D eigenvalue weighted by Crippen LogP contribution is 2.27. The molecule has 0 radical (unpaired) electrons. The molecule has 5 heterocycles. The number of halogens is 2. The first-order valence-corrected chi connectivity index (χ1v) is 9.44. The highest BCUT2D eigenvalue weighted by molar-refractivity contribution is 6.04. The van der Waals surface area contributed by atoms with Gasteiger partial charge in [-0.3, -0.25) is 9.48 Å². The van der Waals surface area contributed by atoms with E-state index in [9.17, 15) is 13.6 Å². The molecule has 3 aromatic rings. The highest BCUT2D eigenvalue weighted by Gasteiger charge is 2.33. The van der Waals surface area contributed by atoms with E-state index in [1.807, 2.05) is 0 Å². The average molecular weight is 402 g/mol. The summed E-state index contributed by atoms with van der Waals surface area (Å²) in [5, 5.41) is 14.3. The van der Waals surface area contributed by atoms with Gasteiger partial charge >= 0.3 is 0 Å². The summed E-state index contributed by atoms with van der Waals surface area (Å²) in [6, 6.07) is 3.75. The fourth-order valence-corrected chi connectivity index (χ4v) is 4.16. The number of alkyl halides is 2. The zero-order valence-corrected chi connectivity index (χ0v) is 15.7. The van der Waals surface area contributed by atoms with Crippen molar-refractivity contribution in [3.8, 4) is 0 Å². The number of amides is 1. The van der Waals surface area contributed by atoms with E-state index in [1.165, 1.54) is 22.4 Å². The number of hydrogen-bond donors (Lipinski definition) is 2. The van der Waals surface area contributed by atoms with Crippen molar-refractivity contribution in [3.63, 3.8) is 0 Å². The molecule has 3 aromatic heterocycles. The van der Waals surface area contributed by atoms with Crippen LogP contribution in [0.15, 0.2) is 24.5 Å². The molecule has 2 fully saturated rings. The Morgan fingerprint density at radius 2 is 2.17 bits per heavy atom. The molecule has 0 aromatic carbocycles. The lowest BCUT2D eigenvalue weighted by molar-refractivity contribution is 0.101. The predicted molar refractivity (Wildman–Crippen MR) is 101 cm³/mol. The van der Waals surface area contributed by atoms with Crippen LogP contribution in [0.3, 0.4) is 0 Å². The zero-order chi connectivity index (χ0) is 20.1. The molecule has 2 atom stereocenters. The largest absolute Gasteiger partial charge is 0.338 e. The van der Waals surface area contributed by atoms with E-state index < -0.39 is 18.0 Å². The summed E-state index contributed by atoms with van der Waals surface area (Å²) in [6.45, 7) is 2.68. The fraction of sp³-hybridized carbons (Fsp3) is 0.444. The topological polar surface area (TPSA) is 92.4 Å². The van der Waals surface area contributed by atoms with Crippen LogP contribution in [0.5, 0.6) is 0 Å². The van der Waals surface area contributed by atoms with Gasteiger partial charge < -0.3 is 15.5 Å². The van der Waals surface area contributed by atoms with Crippen molar-refractivity contribution in [2.24, 2.45) is 13.0 Å². The highest BCUT2D eigenvalue weighted by atomic mass is 19.3. The van der Waals surface area contributed by atoms with Crippen LogP contribution in [0.1, 0.15) is 29.0 Å². The van der Waals surface area contributed by atoms with E-state index in [4.69, 9.17) is 0 Å². The number of nitrogens with one attached hydrogen (secondary N) is 2. The van der Waals surface area contributed by atoms with E-state index >= 15 is 0 Å². The number of anilines is 2. The second-order valence-electron chi connectivity index (χ2n) is 7.58. The van der Waals surface area contributed by atoms with Crippen LogP contribution >= 0.6 is 0 Å². The Hall–Kier alpha value is -3.08. The van der Waals surface area contributed by atoms with E-state index in [1.54, 1.807) is 18.3 Å². The van der Waals surface area contributed by atoms with Crippen LogP contribution in [-0.2, 0) is 7.05 Å². The summed E-state index contributed by atoms with van der Waals surface area (Å²) in [6.07, 6.45) is 1.39. The molecule has 2 aliphatic heterocycles. The van der Waals surface area contributed by atoms with Gasteiger partial charge in [0.25, 0.3) is 12.3 Å². The fourth-order valence-electron chi connectivity index (χ4n) is 4.16. The molecular weight excluding hydrogens is 382 g/mol. The van der Waals surface area contributed by atoms with Crippen molar-refractivity contribution in [1.29, 1.82) is 0 Å². The van der Waals surface area contributed by atoms with E-state index in [-0.39, 0.29) is 11.4 Å². The van der Waals surface area contributed by atoms with Crippen LogP contribution in [0.25, 0.3) is 5.52 Å². The Labute approximate surface area is 164 Å². The number of piperidine rings is 1. The number of aryl methyl sites for hydroxylation is 1. The summed E-state index contributed by atoms with van der Waals surface area (Å²) in [7, 11) is 1.52. The molecule has 152 valence electrons. The van der Waals surface area contributed by atoms with Crippen LogP contribution < -0.4 is 15.5 Å². The van der Waals surface area contributed by atoms with Gasteiger partial charge in [0.15, 0.2) is 5.69 Å². The molecule has 29 heavy (non-hydrogen) atoms.